The van der Waals surface area contributed by atoms with Crippen molar-refractivity contribution in [3.8, 4) is 0 Å². The van der Waals surface area contributed by atoms with Gasteiger partial charge < -0.3 is 9.47 Å². The predicted molar refractivity (Wildman–Crippen MR) is 66.1 cm³/mol. The Morgan fingerprint density at radius 3 is 3.35 bits per heavy atom. The summed E-state index contributed by atoms with van der Waals surface area (Å²) >= 11 is 1.73. The minimum Gasteiger partial charge on any atom is -0.379 e. The smallest absolute Gasteiger partial charge is 0.107 e. The molecule has 0 radical (unpaired) electrons. The predicted octanol–water partition coefficient (Wildman–Crippen LogP) is 1.52. The number of likely N-dealkylation sites (tertiary alicyclic amines) is 1. The van der Waals surface area contributed by atoms with E-state index in [1.54, 1.807) is 18.4 Å². The van der Waals surface area contributed by atoms with E-state index in [0.717, 1.165) is 39.1 Å². The summed E-state index contributed by atoms with van der Waals surface area (Å²) in [4.78, 5) is 6.78. The number of rotatable bonds is 3. The van der Waals surface area contributed by atoms with E-state index >= 15 is 0 Å². The zero-order valence-corrected chi connectivity index (χ0v) is 10.9. The van der Waals surface area contributed by atoms with Crippen molar-refractivity contribution in [1.29, 1.82) is 0 Å². The average molecular weight is 254 g/mol. The first kappa shape index (κ1) is 11.6. The van der Waals surface area contributed by atoms with E-state index in [2.05, 4.69) is 9.88 Å². The van der Waals surface area contributed by atoms with Crippen molar-refractivity contribution in [2.45, 2.75) is 31.1 Å². The van der Waals surface area contributed by atoms with Crippen LogP contribution in [0, 0.1) is 0 Å². The van der Waals surface area contributed by atoms with Crippen LogP contribution in [0.25, 0.3) is 0 Å². The summed E-state index contributed by atoms with van der Waals surface area (Å²) in [5.74, 6) is 0. The Hall–Kier alpha value is -0.490. The fourth-order valence-electron chi connectivity index (χ4n) is 2.82. The summed E-state index contributed by atoms with van der Waals surface area (Å²) in [6.45, 7) is 3.84. The third-order valence-electron chi connectivity index (χ3n) is 3.75. The molecule has 1 aromatic heterocycles. The van der Waals surface area contributed by atoms with Crippen LogP contribution in [-0.2, 0) is 16.0 Å². The van der Waals surface area contributed by atoms with Crippen molar-refractivity contribution in [3.05, 3.63) is 16.6 Å². The highest BCUT2D eigenvalue weighted by Gasteiger charge is 2.45. The van der Waals surface area contributed by atoms with E-state index in [-0.39, 0.29) is 11.7 Å². The first-order valence-corrected chi connectivity index (χ1v) is 6.95. The molecule has 0 aromatic carbocycles. The maximum absolute atomic E-state index is 5.97. The number of aromatic nitrogens is 1. The standard InChI is InChI=1S/C12H18N2O2S/c1-15-10-6-12(16-8-10)2-4-14(9-12)7-11-13-3-5-17-11/h3,5,10H,2,4,6-9H2,1H3/t10-,12+/m1/s1. The highest BCUT2D eigenvalue weighted by molar-refractivity contribution is 7.09. The summed E-state index contributed by atoms with van der Waals surface area (Å²) in [5, 5.41) is 3.23. The largest absolute Gasteiger partial charge is 0.379 e. The molecule has 5 heteroatoms. The van der Waals surface area contributed by atoms with Crippen molar-refractivity contribution in [2.24, 2.45) is 0 Å². The van der Waals surface area contributed by atoms with E-state index in [1.807, 2.05) is 11.6 Å². The summed E-state index contributed by atoms with van der Waals surface area (Å²) in [7, 11) is 1.77. The fraction of sp³-hybridized carbons (Fsp3) is 0.750. The molecule has 1 spiro atoms. The lowest BCUT2D eigenvalue weighted by atomic mass is 9.98. The van der Waals surface area contributed by atoms with E-state index < -0.39 is 0 Å². The van der Waals surface area contributed by atoms with Crippen molar-refractivity contribution in [1.82, 2.24) is 9.88 Å². The molecule has 3 rings (SSSR count). The van der Waals surface area contributed by atoms with Crippen LogP contribution in [0.5, 0.6) is 0 Å². The van der Waals surface area contributed by atoms with Gasteiger partial charge in [-0.3, -0.25) is 4.90 Å². The molecule has 0 amide bonds. The molecule has 2 fully saturated rings. The molecule has 2 atom stereocenters. The van der Waals surface area contributed by atoms with E-state index in [9.17, 15) is 0 Å². The summed E-state index contributed by atoms with van der Waals surface area (Å²) < 4.78 is 11.4. The van der Waals surface area contributed by atoms with Gasteiger partial charge in [0.2, 0.25) is 0 Å². The lowest BCUT2D eigenvalue weighted by Crippen LogP contribution is -2.32. The van der Waals surface area contributed by atoms with Gasteiger partial charge in [0.25, 0.3) is 0 Å². The van der Waals surface area contributed by atoms with Gasteiger partial charge in [0.1, 0.15) is 5.01 Å². The van der Waals surface area contributed by atoms with Crippen LogP contribution in [0.2, 0.25) is 0 Å². The molecule has 2 aliphatic heterocycles. The second-order valence-corrected chi connectivity index (χ2v) is 5.92. The lowest BCUT2D eigenvalue weighted by molar-refractivity contribution is 0.00633. The highest BCUT2D eigenvalue weighted by atomic mass is 32.1. The fourth-order valence-corrected chi connectivity index (χ4v) is 3.48. The van der Waals surface area contributed by atoms with E-state index in [1.165, 1.54) is 5.01 Å². The van der Waals surface area contributed by atoms with Crippen molar-refractivity contribution in [2.75, 3.05) is 26.8 Å². The summed E-state index contributed by atoms with van der Waals surface area (Å²) in [5.41, 5.74) is 0.0535. The average Bonchev–Trinajstić information content (AvgIpc) is 3.03. The van der Waals surface area contributed by atoms with Gasteiger partial charge in [-0.25, -0.2) is 4.98 Å². The second kappa shape index (κ2) is 4.65. The maximum Gasteiger partial charge on any atom is 0.107 e. The lowest BCUT2D eigenvalue weighted by Gasteiger charge is -2.22. The Morgan fingerprint density at radius 2 is 2.65 bits per heavy atom. The third kappa shape index (κ3) is 2.38. The van der Waals surface area contributed by atoms with E-state index in [0.29, 0.717) is 0 Å². The molecule has 17 heavy (non-hydrogen) atoms. The highest BCUT2D eigenvalue weighted by Crippen LogP contribution is 2.36. The molecule has 0 N–H and O–H groups in total. The van der Waals surface area contributed by atoms with Crippen LogP contribution in [-0.4, -0.2) is 48.4 Å². The maximum atomic E-state index is 5.97. The van der Waals surface area contributed by atoms with Crippen LogP contribution in [0.3, 0.4) is 0 Å². The summed E-state index contributed by atoms with van der Waals surface area (Å²) in [6, 6.07) is 0. The van der Waals surface area contributed by atoms with Gasteiger partial charge in [-0.05, 0) is 6.42 Å². The number of thiazole rings is 1. The topological polar surface area (TPSA) is 34.6 Å². The van der Waals surface area contributed by atoms with Crippen molar-refractivity contribution in [3.63, 3.8) is 0 Å². The van der Waals surface area contributed by atoms with Crippen LogP contribution in [0.1, 0.15) is 17.8 Å². The Balaban J connectivity index is 1.58. The zero-order valence-electron chi connectivity index (χ0n) is 10.1. The first-order valence-electron chi connectivity index (χ1n) is 6.07. The number of hydrogen-bond donors (Lipinski definition) is 0. The Morgan fingerprint density at radius 1 is 1.71 bits per heavy atom. The Bertz CT molecular complexity index is 371. The third-order valence-corrected chi connectivity index (χ3v) is 4.51. The normalized spacial score (nSPS) is 33.8. The molecular weight excluding hydrogens is 236 g/mol. The number of methoxy groups -OCH3 is 1. The van der Waals surface area contributed by atoms with Crippen molar-refractivity contribution >= 4 is 11.3 Å². The zero-order chi connectivity index (χ0) is 11.7. The molecule has 0 bridgehead atoms. The van der Waals surface area contributed by atoms with Gasteiger partial charge in [-0.2, -0.15) is 0 Å². The minimum absolute atomic E-state index is 0.0535. The van der Waals surface area contributed by atoms with E-state index in [4.69, 9.17) is 9.47 Å². The monoisotopic (exact) mass is 254 g/mol. The number of nitrogens with zero attached hydrogens (tertiary/aromatic N) is 2. The Labute approximate surface area is 106 Å². The quantitative estimate of drug-likeness (QED) is 0.819. The van der Waals surface area contributed by atoms with Gasteiger partial charge in [-0.1, -0.05) is 0 Å². The SMILES string of the molecule is CO[C@H]1CO[C@@]2(CCN(Cc3nccs3)C2)C1. The van der Waals surface area contributed by atoms with Gasteiger partial charge >= 0.3 is 0 Å². The van der Waals surface area contributed by atoms with Crippen molar-refractivity contribution < 1.29 is 9.47 Å². The molecule has 2 aliphatic rings. The van der Waals surface area contributed by atoms with Gasteiger partial charge in [-0.15, -0.1) is 11.3 Å². The Kier molecular flexibility index (Phi) is 3.17. The molecule has 0 aliphatic carbocycles. The molecule has 3 heterocycles. The van der Waals surface area contributed by atoms with Crippen LogP contribution < -0.4 is 0 Å². The molecule has 0 saturated carbocycles. The second-order valence-electron chi connectivity index (χ2n) is 4.94. The van der Waals surface area contributed by atoms with Crippen LogP contribution in [0.15, 0.2) is 11.6 Å². The molecule has 94 valence electrons. The summed E-state index contributed by atoms with van der Waals surface area (Å²) in [6.07, 6.45) is 4.32. The van der Waals surface area contributed by atoms with Gasteiger partial charge in [0.05, 0.1) is 24.9 Å². The molecular formula is C12H18N2O2S. The van der Waals surface area contributed by atoms with Gasteiger partial charge in [0.15, 0.2) is 0 Å². The molecule has 2 saturated heterocycles. The molecule has 1 aromatic rings. The minimum atomic E-state index is 0.0535. The number of hydrogen-bond acceptors (Lipinski definition) is 5. The van der Waals surface area contributed by atoms with Crippen LogP contribution >= 0.6 is 11.3 Å². The molecule has 0 unspecified atom stereocenters. The first-order chi connectivity index (χ1) is 8.30. The van der Waals surface area contributed by atoms with Gasteiger partial charge in [0, 0.05) is 38.2 Å². The number of ether oxygens (including phenoxy) is 2. The van der Waals surface area contributed by atoms with Crippen LogP contribution in [0.4, 0.5) is 0 Å². The molecule has 4 nitrogen and oxygen atoms in total.